The summed E-state index contributed by atoms with van der Waals surface area (Å²) in [5, 5.41) is 11.9. The Morgan fingerprint density at radius 3 is 2.97 bits per heavy atom. The molecule has 3 N–H and O–H groups in total. The maximum absolute atomic E-state index is 8.68. The number of aliphatic imine (C=N–C) groups is 2. The van der Waals surface area contributed by atoms with Gasteiger partial charge in [-0.05, 0) is 54.7 Å². The Bertz CT molecular complexity index is 915. The number of imidazole rings is 1. The second-order valence-corrected chi connectivity index (χ2v) is 8.10. The van der Waals surface area contributed by atoms with Gasteiger partial charge in [0.25, 0.3) is 0 Å². The topological polar surface area (TPSA) is 105 Å². The van der Waals surface area contributed by atoms with Crippen LogP contribution in [0.25, 0.3) is 0 Å². The molecule has 10 heteroatoms. The fourth-order valence-corrected chi connectivity index (χ4v) is 3.92. The number of anilines is 1. The van der Waals surface area contributed by atoms with Crippen LogP contribution in [0.3, 0.4) is 0 Å². The van der Waals surface area contributed by atoms with E-state index in [2.05, 4.69) is 48.0 Å². The number of amidine groups is 2. The highest BCUT2D eigenvalue weighted by molar-refractivity contribution is 7.08. The highest BCUT2D eigenvalue weighted by Crippen LogP contribution is 2.19. The number of halogens is 1. The van der Waals surface area contributed by atoms with Gasteiger partial charge in [0, 0.05) is 25.7 Å². The lowest BCUT2D eigenvalue weighted by Gasteiger charge is -2.25. The lowest BCUT2D eigenvalue weighted by molar-refractivity contribution is 0.394. The van der Waals surface area contributed by atoms with E-state index >= 15 is 0 Å². The molecule has 2 aromatic heterocycles. The standard InChI is InChI=1S/C20H27ClN8S/c1-3-5-11-29(18(22)17-19(23-4-2)28-20(21)27-17)12-7-6-8-16-24-13-14(26-16)15-9-10-25-30-15/h4,9-10,22-23H,2-3,5-8,11-13H2,1H3,(H,27,28). The van der Waals surface area contributed by atoms with Crippen LogP contribution in [-0.2, 0) is 0 Å². The average Bonchev–Trinajstić information content (AvgIpc) is 3.48. The second-order valence-electron chi connectivity index (χ2n) is 6.91. The normalized spacial score (nSPS) is 13.1. The first-order chi connectivity index (χ1) is 14.6. The van der Waals surface area contributed by atoms with Gasteiger partial charge in [0.1, 0.15) is 17.4 Å². The third kappa shape index (κ3) is 5.76. The molecule has 0 aromatic carbocycles. The van der Waals surface area contributed by atoms with Crippen LogP contribution in [0.4, 0.5) is 5.82 Å². The van der Waals surface area contributed by atoms with Gasteiger partial charge in [-0.3, -0.25) is 10.4 Å². The first kappa shape index (κ1) is 22.2. The van der Waals surface area contributed by atoms with Crippen molar-refractivity contribution in [2.45, 2.75) is 39.0 Å². The molecule has 0 unspecified atom stereocenters. The summed E-state index contributed by atoms with van der Waals surface area (Å²) in [5.41, 5.74) is 1.59. The Morgan fingerprint density at radius 2 is 2.23 bits per heavy atom. The van der Waals surface area contributed by atoms with Gasteiger partial charge in [0.15, 0.2) is 5.82 Å². The van der Waals surface area contributed by atoms with Crippen molar-refractivity contribution in [3.05, 3.63) is 40.9 Å². The summed E-state index contributed by atoms with van der Waals surface area (Å²) in [6.07, 6.45) is 8.17. The molecule has 1 aliphatic rings. The van der Waals surface area contributed by atoms with Gasteiger partial charge >= 0.3 is 0 Å². The Balaban J connectivity index is 1.54. The van der Waals surface area contributed by atoms with Crippen molar-refractivity contribution in [1.82, 2.24) is 19.2 Å². The molecule has 0 spiro atoms. The number of rotatable bonds is 12. The van der Waals surface area contributed by atoms with Gasteiger partial charge in [0.05, 0.1) is 17.1 Å². The van der Waals surface area contributed by atoms with Crippen molar-refractivity contribution in [1.29, 1.82) is 5.41 Å². The molecule has 2 aromatic rings. The molecule has 160 valence electrons. The molecular formula is C20H27ClN8S. The summed E-state index contributed by atoms with van der Waals surface area (Å²) in [4.78, 5) is 19.5. The molecular weight excluding hydrogens is 420 g/mol. The number of hydrogen-bond donors (Lipinski definition) is 3. The van der Waals surface area contributed by atoms with E-state index in [-0.39, 0.29) is 5.28 Å². The number of aromatic amines is 1. The molecule has 3 rings (SSSR count). The van der Waals surface area contributed by atoms with Gasteiger partial charge < -0.3 is 15.2 Å². The van der Waals surface area contributed by atoms with E-state index in [1.165, 1.54) is 17.7 Å². The van der Waals surface area contributed by atoms with Crippen LogP contribution in [0.2, 0.25) is 5.28 Å². The molecule has 0 atom stereocenters. The fraction of sp³-hybridized carbons (Fsp3) is 0.450. The predicted octanol–water partition coefficient (Wildman–Crippen LogP) is 4.57. The zero-order valence-corrected chi connectivity index (χ0v) is 18.7. The highest BCUT2D eigenvalue weighted by Gasteiger charge is 2.19. The minimum Gasteiger partial charge on any atom is -0.355 e. The molecule has 30 heavy (non-hydrogen) atoms. The predicted molar refractivity (Wildman–Crippen MR) is 126 cm³/mol. The molecule has 3 heterocycles. The third-order valence-electron chi connectivity index (χ3n) is 4.72. The van der Waals surface area contributed by atoms with Crippen molar-refractivity contribution in [2.75, 3.05) is 25.0 Å². The smallest absolute Gasteiger partial charge is 0.202 e. The molecule has 0 aliphatic carbocycles. The van der Waals surface area contributed by atoms with Crippen LogP contribution in [0, 0.1) is 5.41 Å². The maximum atomic E-state index is 8.68. The van der Waals surface area contributed by atoms with Crippen molar-refractivity contribution in [3.63, 3.8) is 0 Å². The summed E-state index contributed by atoms with van der Waals surface area (Å²) in [5.74, 6) is 1.81. The van der Waals surface area contributed by atoms with Gasteiger partial charge in [-0.1, -0.05) is 19.9 Å². The van der Waals surface area contributed by atoms with Crippen LogP contribution in [0.5, 0.6) is 0 Å². The van der Waals surface area contributed by atoms with E-state index in [0.717, 1.165) is 61.6 Å². The van der Waals surface area contributed by atoms with Gasteiger partial charge in [-0.25, -0.2) is 9.37 Å². The summed E-state index contributed by atoms with van der Waals surface area (Å²) in [6, 6.07) is 1.98. The van der Waals surface area contributed by atoms with Crippen LogP contribution >= 0.6 is 23.1 Å². The lowest BCUT2D eigenvalue weighted by Crippen LogP contribution is -2.33. The van der Waals surface area contributed by atoms with Crippen LogP contribution in [-0.4, -0.2) is 56.3 Å². The van der Waals surface area contributed by atoms with E-state index < -0.39 is 0 Å². The molecule has 0 saturated carbocycles. The van der Waals surface area contributed by atoms with Gasteiger partial charge in [-0.15, -0.1) is 0 Å². The molecule has 8 nitrogen and oxygen atoms in total. The third-order valence-corrected chi connectivity index (χ3v) is 5.70. The molecule has 0 fully saturated rings. The minimum atomic E-state index is 0.253. The maximum Gasteiger partial charge on any atom is 0.202 e. The quantitative estimate of drug-likeness (QED) is 0.252. The highest BCUT2D eigenvalue weighted by atomic mass is 35.5. The van der Waals surface area contributed by atoms with E-state index in [0.29, 0.717) is 23.9 Å². The number of H-pyrrole nitrogens is 1. The van der Waals surface area contributed by atoms with Crippen LogP contribution in [0.15, 0.2) is 35.0 Å². The second kappa shape index (κ2) is 11.0. The number of unbranched alkanes of at least 4 members (excludes halogenated alkanes) is 2. The summed E-state index contributed by atoms with van der Waals surface area (Å²) < 4.78 is 4.13. The van der Waals surface area contributed by atoms with E-state index in [1.54, 1.807) is 6.20 Å². The molecule has 0 radical (unpaired) electrons. The van der Waals surface area contributed by atoms with Crippen molar-refractivity contribution in [2.24, 2.45) is 9.98 Å². The Labute approximate surface area is 185 Å². The summed E-state index contributed by atoms with van der Waals surface area (Å²) in [7, 11) is 0. The zero-order chi connectivity index (χ0) is 21.3. The lowest BCUT2D eigenvalue weighted by atomic mass is 10.2. The Morgan fingerprint density at radius 1 is 1.40 bits per heavy atom. The molecule has 0 saturated heterocycles. The SMILES string of the molecule is C=CNc1nc(Cl)[nH]c1C(=N)N(CCCC)CCCCC1=NCC(c2ccns2)=N1. The Hall–Kier alpha value is -2.52. The molecule has 0 bridgehead atoms. The number of nitrogens with zero attached hydrogens (tertiary/aromatic N) is 5. The van der Waals surface area contributed by atoms with Crippen molar-refractivity contribution >= 4 is 46.3 Å². The first-order valence-corrected chi connectivity index (χ1v) is 11.3. The summed E-state index contributed by atoms with van der Waals surface area (Å²) >= 11 is 7.47. The number of hydrogen-bond acceptors (Lipinski definition) is 7. The Kier molecular flexibility index (Phi) is 8.15. The van der Waals surface area contributed by atoms with Crippen molar-refractivity contribution in [3.8, 4) is 0 Å². The van der Waals surface area contributed by atoms with E-state index in [4.69, 9.17) is 17.0 Å². The van der Waals surface area contributed by atoms with Crippen LogP contribution in [0.1, 0.15) is 49.6 Å². The molecule has 1 aliphatic heterocycles. The van der Waals surface area contributed by atoms with E-state index in [1.807, 2.05) is 6.07 Å². The minimum absolute atomic E-state index is 0.253. The fourth-order valence-electron chi connectivity index (χ4n) is 3.17. The van der Waals surface area contributed by atoms with Crippen LogP contribution < -0.4 is 5.32 Å². The largest absolute Gasteiger partial charge is 0.355 e. The average molecular weight is 447 g/mol. The zero-order valence-electron chi connectivity index (χ0n) is 17.1. The van der Waals surface area contributed by atoms with Crippen molar-refractivity contribution < 1.29 is 0 Å². The van der Waals surface area contributed by atoms with Gasteiger partial charge in [0.2, 0.25) is 5.28 Å². The number of aromatic nitrogens is 3. The first-order valence-electron chi connectivity index (χ1n) is 10.1. The van der Waals surface area contributed by atoms with Gasteiger partial charge in [-0.2, -0.15) is 4.98 Å². The van der Waals surface area contributed by atoms with E-state index in [9.17, 15) is 0 Å². The molecule has 0 amide bonds. The monoisotopic (exact) mass is 446 g/mol. The summed E-state index contributed by atoms with van der Waals surface area (Å²) in [6.45, 7) is 8.05. The number of nitrogens with one attached hydrogen (secondary N) is 3.